The minimum Gasteiger partial charge on any atom is -0.450 e. The number of rotatable bonds is 5. The number of halogens is 1. The summed E-state index contributed by atoms with van der Waals surface area (Å²) < 4.78 is 23.2. The number of carbonyl (C=O) groups excluding carboxylic acids is 4. The largest absolute Gasteiger partial charge is 0.450 e. The van der Waals surface area contributed by atoms with Gasteiger partial charge in [0, 0.05) is 35.5 Å². The van der Waals surface area contributed by atoms with Crippen LogP contribution >= 0.6 is 0 Å². The Hall–Kier alpha value is -2.11. The predicted octanol–water partition coefficient (Wildman–Crippen LogP) is 4.87. The molecule has 0 unspecified atom stereocenters. The molecule has 7 atom stereocenters. The molecule has 0 spiro atoms. The lowest BCUT2D eigenvalue weighted by Crippen LogP contribution is -2.68. The molecule has 4 rings (SSSR count). The predicted molar refractivity (Wildman–Crippen MR) is 121 cm³/mol. The molecule has 0 aromatic rings. The highest BCUT2D eigenvalue weighted by Crippen LogP contribution is 2.70. The second-order valence-electron chi connectivity index (χ2n) is 11.1. The number of fused-ring (bicyclic) bond motifs is 5. The quantitative estimate of drug-likeness (QED) is 0.549. The maximum Gasteiger partial charge on any atom is 0.306 e. The van der Waals surface area contributed by atoms with Gasteiger partial charge in [-0.1, -0.05) is 38.8 Å². The fraction of sp³-hybridized carbons (Fsp3) is 0.704. The topological polar surface area (TPSA) is 77.5 Å². The second kappa shape index (κ2) is 7.71. The van der Waals surface area contributed by atoms with Crippen LogP contribution < -0.4 is 0 Å². The molecule has 0 saturated heterocycles. The SMILES string of the molecule is CCCCC(=O)O[C@@]1(C(C)=O)[C@@H](C)C[C@H]2[C@@H]3CCC4=CC(=O)C=C[C@]4(C)[C@@]3(F)C(=O)C[C@@]21C. The summed E-state index contributed by atoms with van der Waals surface area (Å²) in [5.74, 6) is -2.65. The monoisotopic (exact) mass is 458 g/mol. The first kappa shape index (κ1) is 24.0. The summed E-state index contributed by atoms with van der Waals surface area (Å²) >= 11 is 0. The molecular formula is C27H35FO5. The van der Waals surface area contributed by atoms with Gasteiger partial charge in [0.1, 0.15) is 0 Å². The summed E-state index contributed by atoms with van der Waals surface area (Å²) in [6, 6.07) is 0. The molecule has 180 valence electrons. The highest BCUT2D eigenvalue weighted by Gasteiger charge is 2.77. The van der Waals surface area contributed by atoms with E-state index in [4.69, 9.17) is 4.74 Å². The van der Waals surface area contributed by atoms with Gasteiger partial charge < -0.3 is 4.74 Å². The number of hydrogen-bond acceptors (Lipinski definition) is 5. The number of esters is 1. The van der Waals surface area contributed by atoms with Crippen molar-refractivity contribution in [3.63, 3.8) is 0 Å². The lowest BCUT2D eigenvalue weighted by Gasteiger charge is -2.59. The van der Waals surface area contributed by atoms with Gasteiger partial charge in [-0.2, -0.15) is 0 Å². The standard InChI is InChI=1S/C27H35FO5/c1-6-7-8-23(32)33-27(17(3)29)16(2)13-21-20-10-9-18-14-19(30)11-12-24(18,4)26(20,28)22(31)15-25(21,27)5/h11-12,14,16,20-21H,6-10,13,15H2,1-5H3/t16-,20-,21-,24-,25-,26-,27+/m0/s1. The van der Waals surface area contributed by atoms with E-state index in [9.17, 15) is 19.2 Å². The summed E-state index contributed by atoms with van der Waals surface area (Å²) in [4.78, 5) is 51.6. The molecule has 0 aliphatic heterocycles. The van der Waals surface area contributed by atoms with Crippen molar-refractivity contribution < 1.29 is 28.3 Å². The van der Waals surface area contributed by atoms with Crippen LogP contribution in [0.5, 0.6) is 0 Å². The highest BCUT2D eigenvalue weighted by atomic mass is 19.1. The number of unbranched alkanes of at least 4 members (excludes halogenated alkanes) is 1. The molecule has 0 aromatic heterocycles. The summed E-state index contributed by atoms with van der Waals surface area (Å²) in [7, 11) is 0. The molecule has 0 aromatic carbocycles. The van der Waals surface area contributed by atoms with Crippen LogP contribution in [-0.4, -0.2) is 34.6 Å². The van der Waals surface area contributed by atoms with E-state index in [1.165, 1.54) is 19.1 Å². The second-order valence-corrected chi connectivity index (χ2v) is 11.1. The molecule has 0 N–H and O–H groups in total. The summed E-state index contributed by atoms with van der Waals surface area (Å²) in [5.41, 5.74) is -5.07. The molecule has 5 nitrogen and oxygen atoms in total. The van der Waals surface area contributed by atoms with Crippen molar-refractivity contribution in [3.8, 4) is 0 Å². The summed E-state index contributed by atoms with van der Waals surface area (Å²) in [6.07, 6.45) is 7.41. The normalized spacial score (nSPS) is 43.9. The van der Waals surface area contributed by atoms with E-state index < -0.39 is 39.8 Å². The molecule has 3 fully saturated rings. The van der Waals surface area contributed by atoms with Crippen molar-refractivity contribution >= 4 is 23.3 Å². The van der Waals surface area contributed by atoms with Gasteiger partial charge in [-0.15, -0.1) is 0 Å². The minimum absolute atomic E-state index is 0.166. The summed E-state index contributed by atoms with van der Waals surface area (Å²) in [5, 5.41) is 0. The molecule has 33 heavy (non-hydrogen) atoms. The average Bonchev–Trinajstić information content (AvgIpc) is 2.96. The molecule has 0 heterocycles. The minimum atomic E-state index is -2.16. The molecule has 4 aliphatic rings. The molecule has 0 amide bonds. The van der Waals surface area contributed by atoms with Crippen molar-refractivity contribution in [2.75, 3.05) is 0 Å². The first-order valence-corrected chi connectivity index (χ1v) is 12.3. The van der Waals surface area contributed by atoms with Crippen molar-refractivity contribution in [1.82, 2.24) is 0 Å². The van der Waals surface area contributed by atoms with E-state index in [2.05, 4.69) is 0 Å². The lowest BCUT2D eigenvalue weighted by atomic mass is 9.45. The van der Waals surface area contributed by atoms with E-state index in [1.807, 2.05) is 20.8 Å². The Morgan fingerprint density at radius 2 is 1.91 bits per heavy atom. The van der Waals surface area contributed by atoms with Crippen LogP contribution in [0.4, 0.5) is 4.39 Å². The zero-order valence-electron chi connectivity index (χ0n) is 20.3. The van der Waals surface area contributed by atoms with Crippen molar-refractivity contribution in [2.45, 2.75) is 90.8 Å². The fourth-order valence-corrected chi connectivity index (χ4v) is 7.85. The number of ketones is 3. The first-order valence-electron chi connectivity index (χ1n) is 12.3. The zero-order chi connectivity index (χ0) is 24.4. The molecule has 0 radical (unpaired) electrons. The van der Waals surface area contributed by atoms with Crippen LogP contribution in [-0.2, 0) is 23.9 Å². The van der Waals surface area contributed by atoms with Gasteiger partial charge in [-0.25, -0.2) is 4.39 Å². The maximum absolute atomic E-state index is 17.1. The van der Waals surface area contributed by atoms with E-state index in [0.29, 0.717) is 31.3 Å². The van der Waals surface area contributed by atoms with E-state index in [0.717, 1.165) is 6.42 Å². The first-order chi connectivity index (χ1) is 15.4. The molecule has 6 heteroatoms. The number of hydrogen-bond donors (Lipinski definition) is 0. The Bertz CT molecular complexity index is 981. The third kappa shape index (κ3) is 2.94. The van der Waals surface area contributed by atoms with Gasteiger partial charge in [0.2, 0.25) is 0 Å². The van der Waals surface area contributed by atoms with Gasteiger partial charge in [-0.05, 0) is 57.6 Å². The fourth-order valence-electron chi connectivity index (χ4n) is 7.85. The van der Waals surface area contributed by atoms with Gasteiger partial charge >= 0.3 is 5.97 Å². The smallest absolute Gasteiger partial charge is 0.306 e. The van der Waals surface area contributed by atoms with Crippen LogP contribution in [0.2, 0.25) is 0 Å². The van der Waals surface area contributed by atoms with Crippen LogP contribution in [0.1, 0.15) is 79.6 Å². The van der Waals surface area contributed by atoms with E-state index in [1.54, 1.807) is 13.0 Å². The van der Waals surface area contributed by atoms with Gasteiger partial charge in [0.05, 0.1) is 0 Å². The number of carbonyl (C=O) groups is 4. The van der Waals surface area contributed by atoms with Crippen molar-refractivity contribution in [1.29, 1.82) is 0 Å². The van der Waals surface area contributed by atoms with Gasteiger partial charge in [0.15, 0.2) is 28.6 Å². The Morgan fingerprint density at radius 1 is 1.21 bits per heavy atom. The van der Waals surface area contributed by atoms with Gasteiger partial charge in [0.25, 0.3) is 0 Å². The van der Waals surface area contributed by atoms with Crippen LogP contribution in [0.3, 0.4) is 0 Å². The zero-order valence-corrected chi connectivity index (χ0v) is 20.3. The van der Waals surface area contributed by atoms with Crippen molar-refractivity contribution in [3.05, 3.63) is 23.8 Å². The van der Waals surface area contributed by atoms with E-state index in [-0.39, 0.29) is 36.2 Å². The van der Waals surface area contributed by atoms with Crippen LogP contribution in [0, 0.1) is 28.6 Å². The van der Waals surface area contributed by atoms with Crippen LogP contribution in [0.25, 0.3) is 0 Å². The number of alkyl halides is 1. The third-order valence-corrected chi connectivity index (χ3v) is 9.48. The van der Waals surface area contributed by atoms with Gasteiger partial charge in [-0.3, -0.25) is 19.2 Å². The molecular weight excluding hydrogens is 423 g/mol. The Balaban J connectivity index is 1.79. The molecule has 4 aliphatic carbocycles. The number of Topliss-reactive ketones (excluding diaryl/α,β-unsaturated/α-hetero) is 2. The number of ether oxygens (including phenoxy) is 1. The Labute approximate surface area is 195 Å². The summed E-state index contributed by atoms with van der Waals surface area (Å²) in [6.45, 7) is 8.86. The maximum atomic E-state index is 17.1. The average molecular weight is 459 g/mol. The lowest BCUT2D eigenvalue weighted by molar-refractivity contribution is -0.201. The third-order valence-electron chi connectivity index (χ3n) is 9.48. The Morgan fingerprint density at radius 3 is 2.55 bits per heavy atom. The number of allylic oxidation sites excluding steroid dienone is 4. The van der Waals surface area contributed by atoms with Crippen molar-refractivity contribution in [2.24, 2.45) is 28.6 Å². The highest BCUT2D eigenvalue weighted by molar-refractivity contribution is 6.03. The molecule has 3 saturated carbocycles. The van der Waals surface area contributed by atoms with E-state index >= 15 is 4.39 Å². The van der Waals surface area contributed by atoms with Crippen LogP contribution in [0.15, 0.2) is 23.8 Å². The molecule has 0 bridgehead atoms. The Kier molecular flexibility index (Phi) is 5.61.